The lowest BCUT2D eigenvalue weighted by molar-refractivity contribution is 0.336. The Bertz CT molecular complexity index is 948. The number of para-hydroxylation sites is 1. The highest BCUT2D eigenvalue weighted by Gasteiger charge is 2.12. The third-order valence-electron chi connectivity index (χ3n) is 4.05. The Morgan fingerprint density at radius 2 is 1.93 bits per heavy atom. The Labute approximate surface area is 171 Å². The summed E-state index contributed by atoms with van der Waals surface area (Å²) in [6.45, 7) is 4.72. The van der Waals surface area contributed by atoms with E-state index in [0.29, 0.717) is 24.7 Å². The van der Waals surface area contributed by atoms with Gasteiger partial charge in [-0.25, -0.2) is 12.8 Å². The van der Waals surface area contributed by atoms with Crippen LogP contribution in [0, 0.1) is 12.7 Å². The van der Waals surface area contributed by atoms with Gasteiger partial charge in [0.25, 0.3) is 0 Å². The van der Waals surface area contributed by atoms with Crippen molar-refractivity contribution in [3.63, 3.8) is 0 Å². The summed E-state index contributed by atoms with van der Waals surface area (Å²) in [5.74, 6) is 0.599. The number of aryl methyl sites for hydroxylation is 1. The number of anilines is 1. The van der Waals surface area contributed by atoms with Gasteiger partial charge in [0.2, 0.25) is 10.0 Å². The lowest BCUT2D eigenvalue weighted by Crippen LogP contribution is -2.39. The van der Waals surface area contributed by atoms with E-state index in [9.17, 15) is 12.8 Å². The molecule has 0 aliphatic rings. The number of rotatable bonds is 9. The van der Waals surface area contributed by atoms with Crippen molar-refractivity contribution in [2.45, 2.75) is 20.4 Å². The number of aliphatic imine (C=N–C) groups is 1. The maximum absolute atomic E-state index is 13.6. The first-order chi connectivity index (χ1) is 13.8. The Kier molecular flexibility index (Phi) is 8.26. The number of sulfonamides is 1. The molecule has 0 bridgehead atoms. The molecule has 29 heavy (non-hydrogen) atoms. The monoisotopic (exact) mass is 422 g/mol. The molecule has 0 radical (unpaired) electrons. The Morgan fingerprint density at radius 1 is 1.17 bits per heavy atom. The van der Waals surface area contributed by atoms with Crippen LogP contribution in [0.15, 0.2) is 47.5 Å². The molecule has 9 heteroatoms. The summed E-state index contributed by atoms with van der Waals surface area (Å²) in [5, 5.41) is 6.09. The molecular formula is C20H27FN4O3S. The zero-order chi connectivity index (χ0) is 21.3. The quantitative estimate of drug-likeness (QED) is 0.427. The Balaban J connectivity index is 1.85. The Hall–Kier alpha value is -2.81. The molecular weight excluding hydrogens is 395 g/mol. The van der Waals surface area contributed by atoms with E-state index >= 15 is 0 Å². The maximum atomic E-state index is 13.6. The van der Waals surface area contributed by atoms with E-state index in [4.69, 9.17) is 4.74 Å². The van der Waals surface area contributed by atoms with Crippen LogP contribution in [0.3, 0.4) is 0 Å². The van der Waals surface area contributed by atoms with E-state index in [-0.39, 0.29) is 18.0 Å². The van der Waals surface area contributed by atoms with Crippen LogP contribution in [0.5, 0.6) is 5.75 Å². The van der Waals surface area contributed by atoms with E-state index < -0.39 is 15.8 Å². The number of nitrogens with one attached hydrogen (secondary N) is 3. The molecule has 0 saturated carbocycles. The zero-order valence-corrected chi connectivity index (χ0v) is 17.6. The summed E-state index contributed by atoms with van der Waals surface area (Å²) in [6.07, 6.45) is 0. The average Bonchev–Trinajstić information content (AvgIpc) is 2.68. The minimum absolute atomic E-state index is 0.135. The van der Waals surface area contributed by atoms with Crippen LogP contribution < -0.4 is 20.1 Å². The van der Waals surface area contributed by atoms with Crippen molar-refractivity contribution in [2.75, 3.05) is 30.7 Å². The average molecular weight is 423 g/mol. The fourth-order valence-electron chi connectivity index (χ4n) is 2.54. The van der Waals surface area contributed by atoms with Crippen molar-refractivity contribution in [2.24, 2.45) is 4.99 Å². The molecule has 0 saturated heterocycles. The third kappa shape index (κ3) is 7.26. The lowest BCUT2D eigenvalue weighted by Gasteiger charge is -2.15. The minimum Gasteiger partial charge on any atom is -0.494 e. The topological polar surface area (TPSA) is 91.8 Å². The molecule has 0 aliphatic heterocycles. The van der Waals surface area contributed by atoms with Gasteiger partial charge in [0.1, 0.15) is 11.6 Å². The first-order valence-electron chi connectivity index (χ1n) is 9.26. The fourth-order valence-corrected chi connectivity index (χ4v) is 3.50. The molecule has 3 N–H and O–H groups in total. The lowest BCUT2D eigenvalue weighted by atomic mass is 10.2. The van der Waals surface area contributed by atoms with Crippen LogP contribution in [0.25, 0.3) is 0 Å². The van der Waals surface area contributed by atoms with E-state index in [1.165, 1.54) is 12.1 Å². The predicted octanol–water partition coefficient (Wildman–Crippen LogP) is 2.64. The summed E-state index contributed by atoms with van der Waals surface area (Å²) < 4.78 is 46.0. The van der Waals surface area contributed by atoms with E-state index in [2.05, 4.69) is 20.3 Å². The summed E-state index contributed by atoms with van der Waals surface area (Å²) in [4.78, 5) is 4.09. The molecule has 0 heterocycles. The highest BCUT2D eigenvalue weighted by molar-refractivity contribution is 7.92. The second-order valence-corrected chi connectivity index (χ2v) is 8.12. The zero-order valence-electron chi connectivity index (χ0n) is 16.8. The molecule has 0 fully saturated rings. The van der Waals surface area contributed by atoms with Crippen molar-refractivity contribution >= 4 is 21.7 Å². The standard InChI is InChI=1S/C20H27FN4O3S/c1-4-28-19-8-6-5-7-16(19)14-24-20(22-3)23-11-12-29(26,27)25-17-10-9-15(2)18(21)13-17/h5-10,13,25H,4,11-12,14H2,1-3H3,(H2,22,23,24). The van der Waals surface area contributed by atoms with Crippen LogP contribution in [-0.2, 0) is 16.6 Å². The number of hydrogen-bond acceptors (Lipinski definition) is 4. The normalized spacial score (nSPS) is 11.8. The molecule has 2 aromatic carbocycles. The number of halogens is 1. The number of ether oxygens (including phenoxy) is 1. The first-order valence-corrected chi connectivity index (χ1v) is 10.9. The van der Waals surface area contributed by atoms with Crippen molar-refractivity contribution < 1.29 is 17.5 Å². The minimum atomic E-state index is -3.63. The predicted molar refractivity (Wildman–Crippen MR) is 114 cm³/mol. The van der Waals surface area contributed by atoms with Crippen molar-refractivity contribution in [1.82, 2.24) is 10.6 Å². The van der Waals surface area contributed by atoms with Gasteiger partial charge in [-0.2, -0.15) is 0 Å². The van der Waals surface area contributed by atoms with Gasteiger partial charge in [-0.15, -0.1) is 0 Å². The van der Waals surface area contributed by atoms with Crippen molar-refractivity contribution in [1.29, 1.82) is 0 Å². The number of hydrogen-bond donors (Lipinski definition) is 3. The molecule has 7 nitrogen and oxygen atoms in total. The number of guanidine groups is 1. The highest BCUT2D eigenvalue weighted by atomic mass is 32.2. The van der Waals surface area contributed by atoms with Crippen LogP contribution in [0.1, 0.15) is 18.1 Å². The largest absolute Gasteiger partial charge is 0.494 e. The maximum Gasteiger partial charge on any atom is 0.234 e. The third-order valence-corrected chi connectivity index (χ3v) is 5.34. The van der Waals surface area contributed by atoms with Crippen molar-refractivity contribution in [3.8, 4) is 5.75 Å². The summed E-state index contributed by atoms with van der Waals surface area (Å²) in [6, 6.07) is 11.9. The number of nitrogens with zero attached hydrogens (tertiary/aromatic N) is 1. The number of benzene rings is 2. The van der Waals surface area contributed by atoms with Gasteiger partial charge in [-0.05, 0) is 37.6 Å². The van der Waals surface area contributed by atoms with Crippen LogP contribution in [0.2, 0.25) is 0 Å². The summed E-state index contributed by atoms with van der Waals surface area (Å²) in [7, 11) is -2.03. The van der Waals surface area contributed by atoms with Gasteiger partial charge in [-0.3, -0.25) is 9.71 Å². The van der Waals surface area contributed by atoms with E-state index in [1.54, 1.807) is 14.0 Å². The fraction of sp³-hybridized carbons (Fsp3) is 0.350. The van der Waals surface area contributed by atoms with Gasteiger partial charge in [0.15, 0.2) is 5.96 Å². The van der Waals surface area contributed by atoms with Gasteiger partial charge in [0.05, 0.1) is 18.0 Å². The second kappa shape index (κ2) is 10.7. The smallest absolute Gasteiger partial charge is 0.234 e. The van der Waals surface area contributed by atoms with Crippen LogP contribution in [0.4, 0.5) is 10.1 Å². The summed E-state index contributed by atoms with van der Waals surface area (Å²) in [5.41, 5.74) is 1.62. The Morgan fingerprint density at radius 3 is 2.62 bits per heavy atom. The molecule has 0 unspecified atom stereocenters. The van der Waals surface area contributed by atoms with Crippen LogP contribution in [-0.4, -0.2) is 40.3 Å². The van der Waals surface area contributed by atoms with Gasteiger partial charge in [0, 0.05) is 25.7 Å². The van der Waals surface area contributed by atoms with E-state index in [0.717, 1.165) is 17.4 Å². The molecule has 2 rings (SSSR count). The van der Waals surface area contributed by atoms with Gasteiger partial charge >= 0.3 is 0 Å². The van der Waals surface area contributed by atoms with Crippen LogP contribution >= 0.6 is 0 Å². The van der Waals surface area contributed by atoms with Gasteiger partial charge in [-0.1, -0.05) is 24.3 Å². The molecule has 2 aromatic rings. The van der Waals surface area contributed by atoms with Crippen molar-refractivity contribution in [3.05, 3.63) is 59.4 Å². The molecule has 0 atom stereocenters. The molecule has 0 aliphatic carbocycles. The molecule has 158 valence electrons. The highest BCUT2D eigenvalue weighted by Crippen LogP contribution is 2.17. The molecule has 0 spiro atoms. The van der Waals surface area contributed by atoms with E-state index in [1.807, 2.05) is 31.2 Å². The first kappa shape index (κ1) is 22.5. The SMILES string of the molecule is CCOc1ccccc1CNC(=NC)NCCS(=O)(=O)Nc1ccc(C)c(F)c1. The molecule has 0 aromatic heterocycles. The second-order valence-electron chi connectivity index (χ2n) is 6.28. The summed E-state index contributed by atoms with van der Waals surface area (Å²) >= 11 is 0. The molecule has 0 amide bonds. The van der Waals surface area contributed by atoms with Gasteiger partial charge < -0.3 is 15.4 Å².